The van der Waals surface area contributed by atoms with Gasteiger partial charge in [-0.15, -0.1) is 0 Å². The number of ether oxygens (including phenoxy) is 2. The summed E-state index contributed by atoms with van der Waals surface area (Å²) in [4.78, 5) is 4.26. The van der Waals surface area contributed by atoms with E-state index < -0.39 is 15.7 Å². The molecule has 1 heterocycles. The molecule has 0 atom stereocenters. The molecule has 0 aliphatic rings. The molecule has 1 N–H and O–H groups in total. The molecular formula is C25H22ClFN2O5S. The molecule has 0 aliphatic carbocycles. The Kier molecular flexibility index (Phi) is 7.28. The van der Waals surface area contributed by atoms with Crippen LogP contribution in [-0.2, 0) is 16.3 Å². The molecule has 7 nitrogen and oxygen atoms in total. The van der Waals surface area contributed by atoms with E-state index in [1.54, 1.807) is 20.3 Å². The molecule has 0 saturated carbocycles. The van der Waals surface area contributed by atoms with Gasteiger partial charge < -0.3 is 19.2 Å². The number of aromatic nitrogens is 1. The van der Waals surface area contributed by atoms with Gasteiger partial charge in [0.05, 0.1) is 19.1 Å². The highest BCUT2D eigenvalue weighted by Gasteiger charge is 2.28. The van der Waals surface area contributed by atoms with Gasteiger partial charge in [0.15, 0.2) is 11.5 Å². The van der Waals surface area contributed by atoms with E-state index in [2.05, 4.69) is 10.3 Å². The molecule has 182 valence electrons. The molecular weight excluding hydrogens is 495 g/mol. The fourth-order valence-electron chi connectivity index (χ4n) is 3.40. The second kappa shape index (κ2) is 10.4. The van der Waals surface area contributed by atoms with Gasteiger partial charge >= 0.3 is 0 Å². The minimum Gasteiger partial charge on any atom is -0.493 e. The van der Waals surface area contributed by atoms with Crippen molar-refractivity contribution in [1.29, 1.82) is 0 Å². The first-order valence-electron chi connectivity index (χ1n) is 10.5. The number of methoxy groups -OCH3 is 2. The molecule has 35 heavy (non-hydrogen) atoms. The first-order chi connectivity index (χ1) is 16.8. The maximum atomic E-state index is 13.4. The number of rotatable bonds is 9. The molecule has 0 aliphatic heterocycles. The molecule has 3 aromatic carbocycles. The van der Waals surface area contributed by atoms with E-state index in [9.17, 15) is 12.8 Å². The van der Waals surface area contributed by atoms with Crippen molar-refractivity contribution in [2.75, 3.05) is 26.1 Å². The van der Waals surface area contributed by atoms with Gasteiger partial charge in [-0.05, 0) is 72.6 Å². The Bertz CT molecular complexity index is 1420. The van der Waals surface area contributed by atoms with E-state index >= 15 is 0 Å². The summed E-state index contributed by atoms with van der Waals surface area (Å²) >= 11 is 5.91. The van der Waals surface area contributed by atoms with Crippen LogP contribution in [-0.4, -0.2) is 34.2 Å². The minimum absolute atomic E-state index is 0.0141. The van der Waals surface area contributed by atoms with Crippen molar-refractivity contribution in [2.24, 2.45) is 0 Å². The summed E-state index contributed by atoms with van der Waals surface area (Å²) in [5.74, 6) is 0.808. The number of hydrogen-bond donors (Lipinski definition) is 1. The smallest absolute Gasteiger partial charge is 0.233 e. The molecule has 0 saturated heterocycles. The van der Waals surface area contributed by atoms with Crippen LogP contribution in [0, 0.1) is 5.82 Å². The Balaban J connectivity index is 1.64. The maximum absolute atomic E-state index is 13.4. The van der Waals surface area contributed by atoms with Crippen molar-refractivity contribution in [3.05, 3.63) is 83.1 Å². The van der Waals surface area contributed by atoms with Crippen LogP contribution in [0.4, 0.5) is 10.3 Å². The lowest BCUT2D eigenvalue weighted by molar-refractivity contribution is 0.354. The van der Waals surface area contributed by atoms with Crippen molar-refractivity contribution in [2.45, 2.75) is 16.3 Å². The molecule has 0 amide bonds. The fourth-order valence-corrected chi connectivity index (χ4v) is 4.80. The van der Waals surface area contributed by atoms with Crippen molar-refractivity contribution in [3.8, 4) is 23.0 Å². The summed E-state index contributed by atoms with van der Waals surface area (Å²) in [6.07, 6.45) is 0.535. The Hall–Kier alpha value is -3.56. The summed E-state index contributed by atoms with van der Waals surface area (Å²) in [7, 11) is -0.918. The number of benzene rings is 3. The summed E-state index contributed by atoms with van der Waals surface area (Å²) in [5.41, 5.74) is 1.38. The Morgan fingerprint density at radius 3 is 2.31 bits per heavy atom. The molecule has 0 spiro atoms. The lowest BCUT2D eigenvalue weighted by atomic mass is 10.1. The van der Waals surface area contributed by atoms with Crippen LogP contribution in [0.2, 0.25) is 5.02 Å². The lowest BCUT2D eigenvalue weighted by Gasteiger charge is -2.10. The van der Waals surface area contributed by atoms with Crippen LogP contribution in [0.15, 0.2) is 81.1 Å². The van der Waals surface area contributed by atoms with Crippen molar-refractivity contribution >= 4 is 27.3 Å². The standard InChI is InChI=1S/C25H22ClFN2O5S/c1-32-21-12-3-16(15-22(21)33-2)13-14-28-24-25(35(30,31)20-10-6-18(26)7-11-20)29-23(34-24)17-4-8-19(27)9-5-17/h3-12,15,28H,13-14H2,1-2H3. The first kappa shape index (κ1) is 24.6. The number of nitrogens with zero attached hydrogens (tertiary/aromatic N) is 1. The first-order valence-corrected chi connectivity index (χ1v) is 12.4. The zero-order chi connectivity index (χ0) is 25.0. The van der Waals surface area contributed by atoms with Gasteiger partial charge in [-0.25, -0.2) is 12.8 Å². The van der Waals surface area contributed by atoms with Crippen LogP contribution in [0.25, 0.3) is 11.5 Å². The highest BCUT2D eigenvalue weighted by atomic mass is 35.5. The van der Waals surface area contributed by atoms with E-state index in [-0.39, 0.29) is 21.7 Å². The predicted molar refractivity (Wildman–Crippen MR) is 131 cm³/mol. The van der Waals surface area contributed by atoms with Gasteiger partial charge in [0.2, 0.25) is 26.6 Å². The van der Waals surface area contributed by atoms with Crippen molar-refractivity contribution in [3.63, 3.8) is 0 Å². The summed E-state index contributed by atoms with van der Waals surface area (Å²) in [6.45, 7) is 0.344. The SMILES string of the molecule is COc1ccc(CCNc2oc(-c3ccc(F)cc3)nc2S(=O)(=O)c2ccc(Cl)cc2)cc1OC. The highest BCUT2D eigenvalue weighted by Crippen LogP contribution is 2.33. The molecule has 0 fully saturated rings. The zero-order valence-corrected chi connectivity index (χ0v) is 20.5. The van der Waals surface area contributed by atoms with Crippen LogP contribution in [0.1, 0.15) is 5.56 Å². The third-order valence-electron chi connectivity index (χ3n) is 5.21. The third-order valence-corrected chi connectivity index (χ3v) is 7.14. The van der Waals surface area contributed by atoms with Gasteiger partial charge in [-0.1, -0.05) is 17.7 Å². The molecule has 0 bridgehead atoms. The normalized spacial score (nSPS) is 11.3. The van der Waals surface area contributed by atoms with Gasteiger partial charge in [0.1, 0.15) is 5.82 Å². The Morgan fingerprint density at radius 1 is 0.971 bits per heavy atom. The minimum atomic E-state index is -4.03. The third kappa shape index (κ3) is 5.41. The van der Waals surface area contributed by atoms with E-state index in [1.165, 1.54) is 48.5 Å². The number of halogens is 2. The van der Waals surface area contributed by atoms with Crippen LogP contribution in [0.3, 0.4) is 0 Å². The van der Waals surface area contributed by atoms with E-state index in [4.69, 9.17) is 25.5 Å². The summed E-state index contributed by atoms with van der Waals surface area (Å²) in [5, 5.41) is 3.17. The maximum Gasteiger partial charge on any atom is 0.233 e. The van der Waals surface area contributed by atoms with E-state index in [0.29, 0.717) is 35.1 Å². The molecule has 4 aromatic rings. The fraction of sp³-hybridized carbons (Fsp3) is 0.160. The van der Waals surface area contributed by atoms with Gasteiger partial charge in [-0.3, -0.25) is 0 Å². The summed E-state index contributed by atoms with van der Waals surface area (Å²) in [6, 6.07) is 16.7. The predicted octanol–water partition coefficient (Wildman–Crippen LogP) is 5.64. The largest absolute Gasteiger partial charge is 0.493 e. The van der Waals surface area contributed by atoms with Gasteiger partial charge in [0.25, 0.3) is 0 Å². The number of anilines is 1. The molecule has 10 heteroatoms. The Labute approximate surface area is 207 Å². The average Bonchev–Trinajstić information content (AvgIpc) is 3.29. The average molecular weight is 517 g/mol. The van der Waals surface area contributed by atoms with Crippen molar-refractivity contribution in [1.82, 2.24) is 4.98 Å². The topological polar surface area (TPSA) is 90.7 Å². The van der Waals surface area contributed by atoms with E-state index in [0.717, 1.165) is 5.56 Å². The molecule has 1 aromatic heterocycles. The van der Waals surface area contributed by atoms with Gasteiger partial charge in [0, 0.05) is 17.1 Å². The number of sulfone groups is 1. The molecule has 0 unspecified atom stereocenters. The van der Waals surface area contributed by atoms with Crippen LogP contribution < -0.4 is 14.8 Å². The van der Waals surface area contributed by atoms with Gasteiger partial charge in [-0.2, -0.15) is 4.98 Å². The summed E-state index contributed by atoms with van der Waals surface area (Å²) < 4.78 is 56.5. The second-order valence-electron chi connectivity index (χ2n) is 7.48. The number of oxazole rings is 1. The lowest BCUT2D eigenvalue weighted by Crippen LogP contribution is -2.10. The second-order valence-corrected chi connectivity index (χ2v) is 9.79. The number of nitrogens with one attached hydrogen (secondary N) is 1. The highest BCUT2D eigenvalue weighted by molar-refractivity contribution is 7.91. The zero-order valence-electron chi connectivity index (χ0n) is 18.9. The monoisotopic (exact) mass is 516 g/mol. The quantitative estimate of drug-likeness (QED) is 0.308. The van der Waals surface area contributed by atoms with E-state index in [1.807, 2.05) is 12.1 Å². The molecule has 0 radical (unpaired) electrons. The van der Waals surface area contributed by atoms with Crippen molar-refractivity contribution < 1.29 is 26.7 Å². The number of hydrogen-bond acceptors (Lipinski definition) is 7. The van der Waals surface area contributed by atoms with Crippen LogP contribution >= 0.6 is 11.6 Å². The Morgan fingerprint density at radius 2 is 1.66 bits per heavy atom. The molecule has 4 rings (SSSR count). The van der Waals surface area contributed by atoms with Crippen LogP contribution in [0.5, 0.6) is 11.5 Å².